The first-order chi connectivity index (χ1) is 11.8. The average Bonchev–Trinajstić information content (AvgIpc) is 2.55. The van der Waals surface area contributed by atoms with E-state index >= 15 is 0 Å². The summed E-state index contributed by atoms with van der Waals surface area (Å²) in [5.74, 6) is 0.399. The van der Waals surface area contributed by atoms with Crippen molar-refractivity contribution < 1.29 is 19.1 Å². The van der Waals surface area contributed by atoms with Crippen molar-refractivity contribution in [2.45, 2.75) is 19.4 Å². The van der Waals surface area contributed by atoms with Crippen LogP contribution in [0.15, 0.2) is 42.5 Å². The third kappa shape index (κ3) is 3.85. The maximum Gasteiger partial charge on any atom is 0.268 e. The highest BCUT2D eigenvalue weighted by molar-refractivity contribution is 6.32. The van der Waals surface area contributed by atoms with Gasteiger partial charge in [-0.25, -0.2) is 0 Å². The van der Waals surface area contributed by atoms with Crippen LogP contribution in [0, 0.1) is 0 Å². The number of para-hydroxylation sites is 1. The van der Waals surface area contributed by atoms with Crippen LogP contribution in [0.2, 0.25) is 5.02 Å². The fraction of sp³-hybridized carbons (Fsp3) is 0.222. The molecule has 7 heteroatoms. The van der Waals surface area contributed by atoms with Crippen molar-refractivity contribution in [3.05, 3.63) is 47.5 Å². The lowest BCUT2D eigenvalue weighted by Crippen LogP contribution is -2.45. The number of fused-ring (bicyclic) bond motifs is 1. The van der Waals surface area contributed by atoms with Crippen molar-refractivity contribution >= 4 is 34.8 Å². The number of hydrogen-bond acceptors (Lipinski definition) is 4. The van der Waals surface area contributed by atoms with Gasteiger partial charge in [0.05, 0.1) is 10.7 Å². The van der Waals surface area contributed by atoms with Crippen LogP contribution in [0.4, 0.5) is 11.4 Å². The van der Waals surface area contributed by atoms with Gasteiger partial charge in [0.25, 0.3) is 11.8 Å². The van der Waals surface area contributed by atoms with E-state index in [0.717, 1.165) is 0 Å². The quantitative estimate of drug-likeness (QED) is 0.875. The summed E-state index contributed by atoms with van der Waals surface area (Å²) in [6.07, 6.45) is 0. The topological polar surface area (TPSA) is 76.7 Å². The summed E-state index contributed by atoms with van der Waals surface area (Å²) in [6, 6.07) is 11.9. The number of ether oxygens (including phenoxy) is 2. The van der Waals surface area contributed by atoms with Crippen molar-refractivity contribution in [3.8, 4) is 11.5 Å². The third-order valence-electron chi connectivity index (χ3n) is 3.62. The van der Waals surface area contributed by atoms with Crippen molar-refractivity contribution in [2.24, 2.45) is 0 Å². The molecular weight excluding hydrogens is 344 g/mol. The van der Waals surface area contributed by atoms with Gasteiger partial charge in [-0.3, -0.25) is 9.59 Å². The standard InChI is InChI=1S/C18H17ClN2O4/c1-18(2)17(23)21-13-9-11(7-8-15(13)25-18)20-16(22)10-24-14-6-4-3-5-12(14)19/h3-9H,10H2,1-2H3,(H,20,22)(H,21,23). The van der Waals surface area contributed by atoms with Crippen LogP contribution >= 0.6 is 11.6 Å². The van der Waals surface area contributed by atoms with E-state index in [1.54, 1.807) is 56.3 Å². The van der Waals surface area contributed by atoms with Crippen LogP contribution in [0.3, 0.4) is 0 Å². The molecule has 2 aromatic carbocycles. The second-order valence-electron chi connectivity index (χ2n) is 6.04. The molecule has 0 saturated carbocycles. The zero-order valence-corrected chi connectivity index (χ0v) is 14.5. The molecule has 0 unspecified atom stereocenters. The molecule has 0 fully saturated rings. The van der Waals surface area contributed by atoms with Crippen molar-refractivity contribution in [1.29, 1.82) is 0 Å². The Bertz CT molecular complexity index is 836. The van der Waals surface area contributed by atoms with E-state index in [-0.39, 0.29) is 18.4 Å². The first kappa shape index (κ1) is 17.1. The molecule has 0 aromatic heterocycles. The fourth-order valence-electron chi connectivity index (χ4n) is 2.29. The predicted octanol–water partition coefficient (Wildman–Crippen LogP) is 3.47. The number of amides is 2. The lowest BCUT2D eigenvalue weighted by Gasteiger charge is -2.31. The molecule has 0 atom stereocenters. The van der Waals surface area contributed by atoms with Crippen LogP contribution in [-0.4, -0.2) is 24.0 Å². The number of nitrogens with one attached hydrogen (secondary N) is 2. The number of carbonyl (C=O) groups is 2. The molecule has 6 nitrogen and oxygen atoms in total. The average molecular weight is 361 g/mol. The van der Waals surface area contributed by atoms with Crippen LogP contribution in [-0.2, 0) is 9.59 Å². The number of hydrogen-bond donors (Lipinski definition) is 2. The van der Waals surface area contributed by atoms with Gasteiger partial charge < -0.3 is 20.1 Å². The first-order valence-electron chi connectivity index (χ1n) is 7.67. The zero-order valence-electron chi connectivity index (χ0n) is 13.8. The molecule has 3 rings (SSSR count). The summed E-state index contributed by atoms with van der Waals surface area (Å²) in [6.45, 7) is 3.19. The molecule has 0 radical (unpaired) electrons. The van der Waals surface area contributed by atoms with Crippen LogP contribution < -0.4 is 20.1 Å². The molecule has 1 aliphatic heterocycles. The monoisotopic (exact) mass is 360 g/mol. The number of rotatable bonds is 4. The molecule has 0 bridgehead atoms. The van der Waals surface area contributed by atoms with Gasteiger partial charge in [0.2, 0.25) is 0 Å². The maximum absolute atomic E-state index is 12.0. The fourth-order valence-corrected chi connectivity index (χ4v) is 2.48. The predicted molar refractivity (Wildman–Crippen MR) is 95.4 cm³/mol. The first-order valence-corrected chi connectivity index (χ1v) is 8.05. The SMILES string of the molecule is CC1(C)Oc2ccc(NC(=O)COc3ccccc3Cl)cc2NC1=O. The molecule has 130 valence electrons. The molecule has 0 spiro atoms. The Morgan fingerprint density at radius 1 is 1.28 bits per heavy atom. The van der Waals surface area contributed by atoms with E-state index in [0.29, 0.717) is 27.9 Å². The largest absolute Gasteiger partial charge is 0.482 e. The Morgan fingerprint density at radius 3 is 2.80 bits per heavy atom. The Morgan fingerprint density at radius 2 is 2.04 bits per heavy atom. The van der Waals surface area contributed by atoms with E-state index in [2.05, 4.69) is 10.6 Å². The van der Waals surface area contributed by atoms with Gasteiger partial charge in [-0.2, -0.15) is 0 Å². The molecule has 1 aliphatic rings. The van der Waals surface area contributed by atoms with Gasteiger partial charge in [-0.1, -0.05) is 23.7 Å². The zero-order chi connectivity index (χ0) is 18.0. The molecule has 1 heterocycles. The number of carbonyl (C=O) groups excluding carboxylic acids is 2. The Labute approximate surface area is 150 Å². The second-order valence-corrected chi connectivity index (χ2v) is 6.45. The van der Waals surface area contributed by atoms with E-state index in [1.165, 1.54) is 0 Å². The molecule has 2 amide bonds. The summed E-state index contributed by atoms with van der Waals surface area (Å²) < 4.78 is 11.0. The summed E-state index contributed by atoms with van der Waals surface area (Å²) >= 11 is 5.97. The number of anilines is 2. The summed E-state index contributed by atoms with van der Waals surface area (Å²) in [7, 11) is 0. The number of halogens is 1. The highest BCUT2D eigenvalue weighted by atomic mass is 35.5. The van der Waals surface area contributed by atoms with Gasteiger partial charge in [-0.05, 0) is 44.2 Å². The molecule has 0 saturated heterocycles. The van der Waals surface area contributed by atoms with Crippen molar-refractivity contribution in [3.63, 3.8) is 0 Å². The minimum Gasteiger partial charge on any atom is -0.482 e. The van der Waals surface area contributed by atoms with Gasteiger partial charge in [-0.15, -0.1) is 0 Å². The Balaban J connectivity index is 1.64. The highest BCUT2D eigenvalue weighted by Crippen LogP contribution is 2.35. The van der Waals surface area contributed by atoms with Gasteiger partial charge in [0, 0.05) is 5.69 Å². The maximum atomic E-state index is 12.0. The Kier molecular flexibility index (Phi) is 4.55. The van der Waals surface area contributed by atoms with E-state index in [4.69, 9.17) is 21.1 Å². The lowest BCUT2D eigenvalue weighted by molar-refractivity contribution is -0.129. The van der Waals surface area contributed by atoms with E-state index in [1.807, 2.05) is 0 Å². The molecule has 0 aliphatic carbocycles. The molecule has 25 heavy (non-hydrogen) atoms. The van der Waals surface area contributed by atoms with Crippen molar-refractivity contribution in [2.75, 3.05) is 17.2 Å². The molecule has 2 aromatic rings. The summed E-state index contributed by atoms with van der Waals surface area (Å²) in [5.41, 5.74) is 0.102. The number of benzene rings is 2. The van der Waals surface area contributed by atoms with E-state index < -0.39 is 5.60 Å². The smallest absolute Gasteiger partial charge is 0.268 e. The Hall–Kier alpha value is -2.73. The van der Waals surface area contributed by atoms with Gasteiger partial charge >= 0.3 is 0 Å². The van der Waals surface area contributed by atoms with E-state index in [9.17, 15) is 9.59 Å². The second kappa shape index (κ2) is 6.64. The molecule has 2 N–H and O–H groups in total. The third-order valence-corrected chi connectivity index (χ3v) is 3.93. The van der Waals surface area contributed by atoms with Crippen LogP contribution in [0.25, 0.3) is 0 Å². The summed E-state index contributed by atoms with van der Waals surface area (Å²) in [5, 5.41) is 5.91. The minimum absolute atomic E-state index is 0.184. The van der Waals surface area contributed by atoms with Gasteiger partial charge in [0.1, 0.15) is 11.5 Å². The summed E-state index contributed by atoms with van der Waals surface area (Å²) in [4.78, 5) is 24.0. The molecular formula is C18H17ClN2O4. The normalized spacial score (nSPS) is 14.8. The van der Waals surface area contributed by atoms with Crippen LogP contribution in [0.1, 0.15) is 13.8 Å². The van der Waals surface area contributed by atoms with Crippen molar-refractivity contribution in [1.82, 2.24) is 0 Å². The minimum atomic E-state index is -0.930. The van der Waals surface area contributed by atoms with Crippen LogP contribution in [0.5, 0.6) is 11.5 Å². The highest BCUT2D eigenvalue weighted by Gasteiger charge is 2.35. The van der Waals surface area contributed by atoms with Gasteiger partial charge in [0.15, 0.2) is 12.2 Å². The lowest BCUT2D eigenvalue weighted by atomic mass is 10.1.